The van der Waals surface area contributed by atoms with Gasteiger partial charge in [0.2, 0.25) is 0 Å². The van der Waals surface area contributed by atoms with E-state index >= 15 is 0 Å². The van der Waals surface area contributed by atoms with Gasteiger partial charge in [-0.05, 0) is 24.3 Å². The molecule has 0 amide bonds. The van der Waals surface area contributed by atoms with Crippen LogP contribution in [0.2, 0.25) is 0 Å². The summed E-state index contributed by atoms with van der Waals surface area (Å²) in [5.74, 6) is 0.957. The van der Waals surface area contributed by atoms with Crippen LogP contribution < -0.4 is 5.32 Å². The Balaban J connectivity index is 1.61. The van der Waals surface area contributed by atoms with Gasteiger partial charge in [-0.25, -0.2) is 0 Å². The summed E-state index contributed by atoms with van der Waals surface area (Å²) in [6.07, 6.45) is 3.22. The van der Waals surface area contributed by atoms with Crippen molar-refractivity contribution in [3.8, 4) is 16.7 Å². The first-order chi connectivity index (χ1) is 9.36. The van der Waals surface area contributed by atoms with E-state index in [1.165, 1.54) is 0 Å². The monoisotopic (exact) mass is 273 g/mol. The minimum absolute atomic E-state index is 0.142. The molecule has 0 aliphatic heterocycles. The highest BCUT2D eigenvalue weighted by Gasteiger charge is 2.26. The standard InChI is InChI=1S/C14H15N3OS/c15-8-10-3-1-4-12(10)16-9-11-7-13(18-17-11)14-5-2-6-19-14/h2,5-7,10,12,16H,1,3-4,9H2. The zero-order valence-electron chi connectivity index (χ0n) is 10.5. The molecule has 98 valence electrons. The van der Waals surface area contributed by atoms with E-state index in [4.69, 9.17) is 9.78 Å². The maximum Gasteiger partial charge on any atom is 0.177 e. The molecule has 2 aromatic heterocycles. The van der Waals surface area contributed by atoms with Crippen molar-refractivity contribution >= 4 is 11.3 Å². The number of thiophene rings is 1. The lowest BCUT2D eigenvalue weighted by atomic mass is 10.1. The average Bonchev–Trinajstić information content (AvgIpc) is 3.16. The number of nitrogens with one attached hydrogen (secondary N) is 1. The predicted octanol–water partition coefficient (Wildman–Crippen LogP) is 3.18. The Kier molecular flexibility index (Phi) is 3.62. The lowest BCUT2D eigenvalue weighted by Crippen LogP contribution is -2.31. The van der Waals surface area contributed by atoms with E-state index in [1.807, 2.05) is 23.6 Å². The number of nitriles is 1. The third-order valence-corrected chi connectivity index (χ3v) is 4.43. The largest absolute Gasteiger partial charge is 0.355 e. The molecule has 0 radical (unpaired) electrons. The quantitative estimate of drug-likeness (QED) is 0.929. The van der Waals surface area contributed by atoms with Gasteiger partial charge in [0, 0.05) is 18.7 Å². The summed E-state index contributed by atoms with van der Waals surface area (Å²) in [5.41, 5.74) is 0.895. The second-order valence-corrected chi connectivity index (χ2v) is 5.76. The van der Waals surface area contributed by atoms with Gasteiger partial charge in [0.15, 0.2) is 5.76 Å². The van der Waals surface area contributed by atoms with Crippen LogP contribution in [-0.4, -0.2) is 11.2 Å². The molecule has 1 aliphatic carbocycles. The van der Waals surface area contributed by atoms with Gasteiger partial charge in [0.25, 0.3) is 0 Å². The Morgan fingerprint density at radius 2 is 2.47 bits per heavy atom. The lowest BCUT2D eigenvalue weighted by Gasteiger charge is -2.13. The van der Waals surface area contributed by atoms with E-state index in [-0.39, 0.29) is 5.92 Å². The Morgan fingerprint density at radius 3 is 3.26 bits per heavy atom. The van der Waals surface area contributed by atoms with E-state index in [0.717, 1.165) is 35.6 Å². The third-order valence-electron chi connectivity index (χ3n) is 3.55. The van der Waals surface area contributed by atoms with Gasteiger partial charge in [-0.15, -0.1) is 11.3 Å². The second-order valence-electron chi connectivity index (χ2n) is 4.81. The average molecular weight is 273 g/mol. The third kappa shape index (κ3) is 2.70. The maximum atomic E-state index is 9.04. The highest BCUT2D eigenvalue weighted by molar-refractivity contribution is 7.13. The van der Waals surface area contributed by atoms with E-state index in [0.29, 0.717) is 12.6 Å². The molecular formula is C14H15N3OS. The maximum absolute atomic E-state index is 9.04. The summed E-state index contributed by atoms with van der Waals surface area (Å²) >= 11 is 1.64. The molecule has 0 spiro atoms. The molecule has 2 heterocycles. The molecule has 2 atom stereocenters. The molecular weight excluding hydrogens is 258 g/mol. The van der Waals surface area contributed by atoms with Crippen LogP contribution in [0.1, 0.15) is 25.0 Å². The summed E-state index contributed by atoms with van der Waals surface area (Å²) in [5, 5.41) is 18.5. The van der Waals surface area contributed by atoms with Gasteiger partial charge in [-0.2, -0.15) is 5.26 Å². The topological polar surface area (TPSA) is 61.9 Å². The Labute approximate surface area is 116 Å². The van der Waals surface area contributed by atoms with Gasteiger partial charge in [0.05, 0.1) is 22.6 Å². The summed E-state index contributed by atoms with van der Waals surface area (Å²) in [4.78, 5) is 1.09. The molecule has 0 bridgehead atoms. The van der Waals surface area contributed by atoms with Crippen LogP contribution in [0, 0.1) is 17.2 Å². The van der Waals surface area contributed by atoms with Crippen molar-refractivity contribution in [2.24, 2.45) is 5.92 Å². The van der Waals surface area contributed by atoms with E-state index in [1.54, 1.807) is 11.3 Å². The first kappa shape index (κ1) is 12.4. The smallest absolute Gasteiger partial charge is 0.177 e. The van der Waals surface area contributed by atoms with Crippen LogP contribution >= 0.6 is 11.3 Å². The van der Waals surface area contributed by atoms with E-state index in [9.17, 15) is 0 Å². The number of hydrogen-bond acceptors (Lipinski definition) is 5. The summed E-state index contributed by atoms with van der Waals surface area (Å²) < 4.78 is 5.33. The van der Waals surface area contributed by atoms with Gasteiger partial charge in [-0.1, -0.05) is 17.6 Å². The highest BCUT2D eigenvalue weighted by Crippen LogP contribution is 2.27. The van der Waals surface area contributed by atoms with Crippen LogP contribution in [0.25, 0.3) is 10.6 Å². The van der Waals surface area contributed by atoms with Crippen LogP contribution in [0.15, 0.2) is 28.1 Å². The molecule has 0 saturated heterocycles. The highest BCUT2D eigenvalue weighted by atomic mass is 32.1. The molecule has 19 heavy (non-hydrogen) atoms. The lowest BCUT2D eigenvalue weighted by molar-refractivity contribution is 0.408. The molecule has 3 rings (SSSR count). The zero-order chi connectivity index (χ0) is 13.1. The SMILES string of the molecule is N#CC1CCCC1NCc1cc(-c2cccs2)on1. The normalized spacial score (nSPS) is 22.5. The molecule has 1 fully saturated rings. The number of hydrogen-bond donors (Lipinski definition) is 1. The fourth-order valence-corrected chi connectivity index (χ4v) is 3.20. The zero-order valence-corrected chi connectivity index (χ0v) is 11.3. The first-order valence-electron chi connectivity index (χ1n) is 6.49. The van der Waals surface area contributed by atoms with Gasteiger partial charge in [0.1, 0.15) is 0 Å². The van der Waals surface area contributed by atoms with Crippen LogP contribution in [0.4, 0.5) is 0 Å². The van der Waals surface area contributed by atoms with Crippen molar-refractivity contribution < 1.29 is 4.52 Å². The van der Waals surface area contributed by atoms with Gasteiger partial charge < -0.3 is 9.84 Å². The summed E-state index contributed by atoms with van der Waals surface area (Å²) in [6.45, 7) is 0.664. The Morgan fingerprint density at radius 1 is 1.53 bits per heavy atom. The molecule has 2 unspecified atom stereocenters. The van der Waals surface area contributed by atoms with Gasteiger partial charge >= 0.3 is 0 Å². The van der Waals surface area contributed by atoms with Crippen molar-refractivity contribution in [1.29, 1.82) is 5.26 Å². The van der Waals surface area contributed by atoms with Crippen LogP contribution in [-0.2, 0) is 6.54 Å². The van der Waals surface area contributed by atoms with Crippen molar-refractivity contribution in [3.05, 3.63) is 29.3 Å². The molecule has 2 aromatic rings. The van der Waals surface area contributed by atoms with E-state index < -0.39 is 0 Å². The van der Waals surface area contributed by atoms with Crippen LogP contribution in [0.3, 0.4) is 0 Å². The minimum Gasteiger partial charge on any atom is -0.355 e. The van der Waals surface area contributed by atoms with Crippen LogP contribution in [0.5, 0.6) is 0 Å². The Bertz CT molecular complexity index is 570. The Hall–Kier alpha value is -1.64. The first-order valence-corrected chi connectivity index (χ1v) is 7.37. The van der Waals surface area contributed by atoms with E-state index in [2.05, 4.69) is 16.5 Å². The van der Waals surface area contributed by atoms with Crippen molar-refractivity contribution in [3.63, 3.8) is 0 Å². The summed E-state index contributed by atoms with van der Waals surface area (Å²) in [7, 11) is 0. The predicted molar refractivity (Wildman–Crippen MR) is 73.4 cm³/mol. The molecule has 1 N–H and O–H groups in total. The second kappa shape index (κ2) is 5.55. The number of rotatable bonds is 4. The molecule has 1 aliphatic rings. The van der Waals surface area contributed by atoms with Crippen molar-refractivity contribution in [1.82, 2.24) is 10.5 Å². The molecule has 4 nitrogen and oxygen atoms in total. The summed E-state index contributed by atoms with van der Waals surface area (Å²) in [6, 6.07) is 8.65. The molecule has 0 aromatic carbocycles. The van der Waals surface area contributed by atoms with Gasteiger partial charge in [-0.3, -0.25) is 0 Å². The number of aromatic nitrogens is 1. The molecule has 1 saturated carbocycles. The number of nitrogens with zero attached hydrogens (tertiary/aromatic N) is 2. The minimum atomic E-state index is 0.142. The fourth-order valence-electron chi connectivity index (χ4n) is 2.52. The van der Waals surface area contributed by atoms with Crippen molar-refractivity contribution in [2.75, 3.05) is 0 Å². The molecule has 5 heteroatoms. The van der Waals surface area contributed by atoms with Crippen molar-refractivity contribution in [2.45, 2.75) is 31.8 Å². The fraction of sp³-hybridized carbons (Fsp3) is 0.429.